The summed E-state index contributed by atoms with van der Waals surface area (Å²) in [6, 6.07) is 8.07. The number of ether oxygens (including phenoxy) is 1. The molecule has 2 nitrogen and oxygen atoms in total. The largest absolute Gasteiger partial charge is 0.485 e. The van der Waals surface area contributed by atoms with E-state index in [0.29, 0.717) is 12.2 Å². The second kappa shape index (κ2) is 5.63. The molecule has 0 radical (unpaired) electrons. The van der Waals surface area contributed by atoms with E-state index in [1.165, 1.54) is 30.4 Å². The standard InChI is InChI=1S/C13H10BrFO2S/c1-8(16)9-2-4-12(11(15)6-9)17-7-10-3-5-13(14)18-10/h2-6H,7H2,1H3. The molecule has 0 amide bonds. The highest BCUT2D eigenvalue weighted by atomic mass is 79.9. The van der Waals surface area contributed by atoms with Crippen molar-refractivity contribution in [2.45, 2.75) is 13.5 Å². The molecule has 0 atom stereocenters. The molecule has 0 aliphatic heterocycles. The van der Waals surface area contributed by atoms with Crippen molar-refractivity contribution in [1.29, 1.82) is 0 Å². The van der Waals surface area contributed by atoms with Crippen LogP contribution < -0.4 is 4.74 Å². The van der Waals surface area contributed by atoms with Gasteiger partial charge >= 0.3 is 0 Å². The van der Waals surface area contributed by atoms with Crippen molar-refractivity contribution in [3.8, 4) is 5.75 Å². The monoisotopic (exact) mass is 328 g/mol. The maximum atomic E-state index is 13.6. The van der Waals surface area contributed by atoms with E-state index >= 15 is 0 Å². The van der Waals surface area contributed by atoms with Crippen molar-refractivity contribution < 1.29 is 13.9 Å². The average Bonchev–Trinajstić information content (AvgIpc) is 2.73. The van der Waals surface area contributed by atoms with Gasteiger partial charge in [-0.3, -0.25) is 4.79 Å². The molecule has 0 unspecified atom stereocenters. The van der Waals surface area contributed by atoms with Crippen LogP contribution in [0.15, 0.2) is 34.1 Å². The number of hydrogen-bond acceptors (Lipinski definition) is 3. The van der Waals surface area contributed by atoms with Crippen LogP contribution in [0.25, 0.3) is 0 Å². The Hall–Kier alpha value is -1.20. The lowest BCUT2D eigenvalue weighted by atomic mass is 10.1. The van der Waals surface area contributed by atoms with Crippen LogP contribution in [0.5, 0.6) is 5.75 Å². The van der Waals surface area contributed by atoms with Gasteiger partial charge in [0.25, 0.3) is 0 Å². The first-order valence-electron chi connectivity index (χ1n) is 5.24. The van der Waals surface area contributed by atoms with Crippen molar-refractivity contribution in [1.82, 2.24) is 0 Å². The van der Waals surface area contributed by atoms with Gasteiger partial charge in [0, 0.05) is 10.4 Å². The zero-order valence-corrected chi connectivity index (χ0v) is 12.0. The number of benzene rings is 1. The van der Waals surface area contributed by atoms with E-state index in [2.05, 4.69) is 15.9 Å². The minimum Gasteiger partial charge on any atom is -0.485 e. The SMILES string of the molecule is CC(=O)c1ccc(OCc2ccc(Br)s2)c(F)c1. The lowest BCUT2D eigenvalue weighted by molar-refractivity contribution is 0.101. The molecule has 5 heteroatoms. The molecule has 2 aromatic rings. The number of hydrogen-bond donors (Lipinski definition) is 0. The maximum Gasteiger partial charge on any atom is 0.165 e. The van der Waals surface area contributed by atoms with Crippen LogP contribution in [0.2, 0.25) is 0 Å². The summed E-state index contributed by atoms with van der Waals surface area (Å²) in [5.41, 5.74) is 0.346. The molecule has 0 N–H and O–H groups in total. The fourth-order valence-electron chi connectivity index (χ4n) is 1.42. The Morgan fingerprint density at radius 3 is 2.72 bits per heavy atom. The van der Waals surface area contributed by atoms with Crippen LogP contribution in [-0.2, 0) is 6.61 Å². The summed E-state index contributed by atoms with van der Waals surface area (Å²) in [7, 11) is 0. The van der Waals surface area contributed by atoms with Crippen LogP contribution >= 0.6 is 27.3 Å². The first kappa shape index (κ1) is 13.2. The number of ketones is 1. The van der Waals surface area contributed by atoms with Crippen LogP contribution in [0.1, 0.15) is 22.2 Å². The Kier molecular flexibility index (Phi) is 4.14. The molecule has 0 aliphatic carbocycles. The highest BCUT2D eigenvalue weighted by Crippen LogP contribution is 2.25. The summed E-state index contributed by atoms with van der Waals surface area (Å²) in [6.07, 6.45) is 0. The predicted octanol–water partition coefficient (Wildman–Crippen LogP) is 4.43. The quantitative estimate of drug-likeness (QED) is 0.776. The third-order valence-corrected chi connectivity index (χ3v) is 3.93. The summed E-state index contributed by atoms with van der Waals surface area (Å²) in [5, 5.41) is 0. The zero-order valence-electron chi connectivity index (χ0n) is 9.57. The molecule has 1 aromatic carbocycles. The lowest BCUT2D eigenvalue weighted by Gasteiger charge is -2.06. The van der Waals surface area contributed by atoms with E-state index in [-0.39, 0.29) is 11.5 Å². The molecule has 0 aliphatic rings. The maximum absolute atomic E-state index is 13.6. The number of thiophene rings is 1. The second-order valence-electron chi connectivity index (χ2n) is 3.70. The summed E-state index contributed by atoms with van der Waals surface area (Å²) < 4.78 is 20.0. The Labute approximate surface area is 117 Å². The lowest BCUT2D eigenvalue weighted by Crippen LogP contribution is -1.98. The molecule has 1 heterocycles. The predicted molar refractivity (Wildman–Crippen MR) is 72.8 cm³/mol. The van der Waals surface area contributed by atoms with Crippen LogP contribution in [-0.4, -0.2) is 5.78 Å². The van der Waals surface area contributed by atoms with E-state index in [4.69, 9.17) is 4.74 Å². The zero-order chi connectivity index (χ0) is 13.1. The molecule has 2 rings (SSSR count). The van der Waals surface area contributed by atoms with Gasteiger partial charge in [-0.15, -0.1) is 11.3 Å². The second-order valence-corrected chi connectivity index (χ2v) is 6.24. The van der Waals surface area contributed by atoms with E-state index in [1.807, 2.05) is 12.1 Å². The van der Waals surface area contributed by atoms with Gasteiger partial charge in [-0.25, -0.2) is 4.39 Å². The number of halogens is 2. The van der Waals surface area contributed by atoms with Crippen molar-refractivity contribution >= 4 is 33.0 Å². The van der Waals surface area contributed by atoms with E-state index < -0.39 is 5.82 Å². The third kappa shape index (κ3) is 3.17. The van der Waals surface area contributed by atoms with Gasteiger partial charge < -0.3 is 4.74 Å². The highest BCUT2D eigenvalue weighted by Gasteiger charge is 2.08. The van der Waals surface area contributed by atoms with Crippen molar-refractivity contribution in [3.05, 3.63) is 50.4 Å². The van der Waals surface area contributed by atoms with Crippen LogP contribution in [0.3, 0.4) is 0 Å². The summed E-state index contributed by atoms with van der Waals surface area (Å²) in [6.45, 7) is 1.71. The minimum absolute atomic E-state index is 0.157. The fourth-order valence-corrected chi connectivity index (χ4v) is 2.81. The summed E-state index contributed by atoms with van der Waals surface area (Å²) >= 11 is 4.89. The van der Waals surface area contributed by atoms with Gasteiger partial charge in [-0.1, -0.05) is 0 Å². The Morgan fingerprint density at radius 2 is 2.17 bits per heavy atom. The molecule has 0 saturated heterocycles. The molecular formula is C13H10BrFO2S. The van der Waals surface area contributed by atoms with Crippen LogP contribution in [0.4, 0.5) is 4.39 Å². The molecule has 18 heavy (non-hydrogen) atoms. The minimum atomic E-state index is -0.515. The number of rotatable bonds is 4. The van der Waals surface area contributed by atoms with Gasteiger partial charge in [0.1, 0.15) is 6.61 Å². The Morgan fingerprint density at radius 1 is 1.39 bits per heavy atom. The average molecular weight is 329 g/mol. The van der Waals surface area contributed by atoms with Gasteiger partial charge in [-0.05, 0) is 53.2 Å². The molecular weight excluding hydrogens is 319 g/mol. The smallest absolute Gasteiger partial charge is 0.165 e. The van der Waals surface area contributed by atoms with Crippen molar-refractivity contribution in [2.75, 3.05) is 0 Å². The van der Waals surface area contributed by atoms with Crippen molar-refractivity contribution in [2.24, 2.45) is 0 Å². The van der Waals surface area contributed by atoms with Gasteiger partial charge in [0.15, 0.2) is 17.3 Å². The molecule has 0 saturated carbocycles. The summed E-state index contributed by atoms with van der Waals surface area (Å²) in [4.78, 5) is 12.1. The molecule has 0 fully saturated rings. The fraction of sp³-hybridized carbons (Fsp3) is 0.154. The topological polar surface area (TPSA) is 26.3 Å². The van der Waals surface area contributed by atoms with E-state index in [1.54, 1.807) is 6.07 Å². The molecule has 1 aromatic heterocycles. The number of Topliss-reactive ketones (excluding diaryl/α,β-unsaturated/α-hetero) is 1. The van der Waals surface area contributed by atoms with E-state index in [9.17, 15) is 9.18 Å². The summed E-state index contributed by atoms with van der Waals surface area (Å²) in [5.74, 6) is -0.523. The van der Waals surface area contributed by atoms with E-state index in [0.717, 1.165) is 8.66 Å². The molecule has 0 bridgehead atoms. The van der Waals surface area contributed by atoms with Gasteiger partial charge in [0.2, 0.25) is 0 Å². The highest BCUT2D eigenvalue weighted by molar-refractivity contribution is 9.11. The van der Waals surface area contributed by atoms with Crippen molar-refractivity contribution in [3.63, 3.8) is 0 Å². The van der Waals surface area contributed by atoms with Gasteiger partial charge in [0.05, 0.1) is 3.79 Å². The number of carbonyl (C=O) groups excluding carboxylic acids is 1. The first-order chi connectivity index (χ1) is 8.56. The van der Waals surface area contributed by atoms with Crippen LogP contribution in [0, 0.1) is 5.82 Å². The van der Waals surface area contributed by atoms with Gasteiger partial charge in [-0.2, -0.15) is 0 Å². The Bertz CT molecular complexity index is 580. The normalized spacial score (nSPS) is 10.4. The molecule has 0 spiro atoms. The first-order valence-corrected chi connectivity index (χ1v) is 6.84. The molecule has 94 valence electrons. The number of carbonyl (C=O) groups is 1. The Balaban J connectivity index is 2.08. The third-order valence-electron chi connectivity index (χ3n) is 2.34.